The molecule has 0 fully saturated rings. The molecule has 0 aliphatic carbocycles. The van der Waals surface area contributed by atoms with Gasteiger partial charge in [-0.15, -0.1) is 0 Å². The maximum atomic E-state index is 5.93. The Kier molecular flexibility index (Phi) is 3.89. The zero-order chi connectivity index (χ0) is 17.4. The molecule has 0 saturated carbocycles. The van der Waals surface area contributed by atoms with Gasteiger partial charge in [0, 0.05) is 18.1 Å². The van der Waals surface area contributed by atoms with Crippen molar-refractivity contribution in [1.29, 1.82) is 0 Å². The fourth-order valence-electron chi connectivity index (χ4n) is 2.94. The van der Waals surface area contributed by atoms with Crippen molar-refractivity contribution in [3.63, 3.8) is 0 Å². The lowest BCUT2D eigenvalue weighted by Gasteiger charge is -2.10. The van der Waals surface area contributed by atoms with E-state index in [1.807, 2.05) is 12.3 Å². The van der Waals surface area contributed by atoms with Crippen molar-refractivity contribution in [1.82, 2.24) is 19.9 Å². The SMILES string of the molecule is COc1ccc(CNc2cnc3ccc(Cl)nc3n2)c2c(C)c[nH]c12. The largest absolute Gasteiger partial charge is 0.495 e. The summed E-state index contributed by atoms with van der Waals surface area (Å²) in [6.07, 6.45) is 3.68. The summed E-state index contributed by atoms with van der Waals surface area (Å²) < 4.78 is 5.42. The van der Waals surface area contributed by atoms with Crippen molar-refractivity contribution in [3.8, 4) is 5.75 Å². The summed E-state index contributed by atoms with van der Waals surface area (Å²) in [7, 11) is 1.67. The van der Waals surface area contributed by atoms with Gasteiger partial charge in [-0.05, 0) is 36.2 Å². The number of hydrogen-bond donors (Lipinski definition) is 2. The number of benzene rings is 1. The number of anilines is 1. The topological polar surface area (TPSA) is 75.7 Å². The molecule has 0 amide bonds. The quantitative estimate of drug-likeness (QED) is 0.540. The van der Waals surface area contributed by atoms with Crippen molar-refractivity contribution >= 4 is 39.5 Å². The number of aromatic amines is 1. The van der Waals surface area contributed by atoms with E-state index in [9.17, 15) is 0 Å². The zero-order valence-electron chi connectivity index (χ0n) is 13.8. The summed E-state index contributed by atoms with van der Waals surface area (Å²) in [5.41, 5.74) is 4.55. The molecule has 4 rings (SSSR count). The monoisotopic (exact) mass is 353 g/mol. The van der Waals surface area contributed by atoms with Gasteiger partial charge in [0.15, 0.2) is 5.65 Å². The highest BCUT2D eigenvalue weighted by Gasteiger charge is 2.11. The van der Waals surface area contributed by atoms with Gasteiger partial charge in [-0.2, -0.15) is 0 Å². The average molecular weight is 354 g/mol. The molecule has 0 atom stereocenters. The Labute approximate surface area is 149 Å². The first-order chi connectivity index (χ1) is 12.2. The first-order valence-corrected chi connectivity index (χ1v) is 8.20. The number of aryl methyl sites for hydroxylation is 1. The smallest absolute Gasteiger partial charge is 0.181 e. The number of fused-ring (bicyclic) bond motifs is 2. The lowest BCUT2D eigenvalue weighted by atomic mass is 10.1. The van der Waals surface area contributed by atoms with Crippen LogP contribution in [-0.2, 0) is 6.54 Å². The Morgan fingerprint density at radius 2 is 2.08 bits per heavy atom. The highest BCUT2D eigenvalue weighted by atomic mass is 35.5. The number of H-pyrrole nitrogens is 1. The second kappa shape index (κ2) is 6.22. The molecule has 7 heteroatoms. The van der Waals surface area contributed by atoms with Gasteiger partial charge in [0.05, 0.1) is 18.8 Å². The number of nitrogens with one attached hydrogen (secondary N) is 2. The van der Waals surface area contributed by atoms with Crippen molar-refractivity contribution in [2.24, 2.45) is 0 Å². The number of methoxy groups -OCH3 is 1. The molecule has 0 saturated heterocycles. The van der Waals surface area contributed by atoms with Crippen LogP contribution in [0.25, 0.3) is 22.1 Å². The first kappa shape index (κ1) is 15.7. The number of nitrogens with zero attached hydrogens (tertiary/aromatic N) is 3. The normalized spacial score (nSPS) is 11.2. The Morgan fingerprint density at radius 1 is 1.20 bits per heavy atom. The van der Waals surface area contributed by atoms with Crippen LogP contribution in [0.3, 0.4) is 0 Å². The second-order valence-corrected chi connectivity index (χ2v) is 6.12. The van der Waals surface area contributed by atoms with Crippen LogP contribution in [0.1, 0.15) is 11.1 Å². The third-order valence-corrected chi connectivity index (χ3v) is 4.34. The molecule has 1 aromatic carbocycles. The van der Waals surface area contributed by atoms with Gasteiger partial charge in [-0.3, -0.25) is 0 Å². The molecule has 6 nitrogen and oxygen atoms in total. The van der Waals surface area contributed by atoms with Crippen LogP contribution in [0, 0.1) is 6.92 Å². The molecule has 4 aromatic rings. The molecule has 0 bridgehead atoms. The van der Waals surface area contributed by atoms with Crippen molar-refractivity contribution in [3.05, 3.63) is 52.9 Å². The van der Waals surface area contributed by atoms with E-state index < -0.39 is 0 Å². The maximum absolute atomic E-state index is 5.93. The summed E-state index contributed by atoms with van der Waals surface area (Å²) in [5, 5.41) is 4.86. The molecule has 0 aliphatic heterocycles. The number of ether oxygens (including phenoxy) is 1. The zero-order valence-corrected chi connectivity index (χ0v) is 14.6. The Morgan fingerprint density at radius 3 is 2.92 bits per heavy atom. The van der Waals surface area contributed by atoms with Crippen LogP contribution in [0.2, 0.25) is 5.15 Å². The summed E-state index contributed by atoms with van der Waals surface area (Å²) in [6.45, 7) is 2.68. The van der Waals surface area contributed by atoms with Crippen molar-refractivity contribution < 1.29 is 4.74 Å². The van der Waals surface area contributed by atoms with Gasteiger partial charge in [0.25, 0.3) is 0 Å². The number of halogens is 1. The molecule has 3 aromatic heterocycles. The third kappa shape index (κ3) is 2.85. The van der Waals surface area contributed by atoms with E-state index in [1.165, 1.54) is 5.56 Å². The predicted molar refractivity (Wildman–Crippen MR) is 99.3 cm³/mol. The van der Waals surface area contributed by atoms with Crippen LogP contribution in [0.15, 0.2) is 36.7 Å². The van der Waals surface area contributed by atoms with E-state index >= 15 is 0 Å². The van der Waals surface area contributed by atoms with Crippen molar-refractivity contribution in [2.45, 2.75) is 13.5 Å². The minimum Gasteiger partial charge on any atom is -0.495 e. The number of pyridine rings is 1. The fourth-order valence-corrected chi connectivity index (χ4v) is 3.08. The molecule has 0 aliphatic rings. The first-order valence-electron chi connectivity index (χ1n) is 7.82. The molecule has 2 N–H and O–H groups in total. The van der Waals surface area contributed by atoms with E-state index in [2.05, 4.69) is 38.2 Å². The minimum atomic E-state index is 0.402. The van der Waals surface area contributed by atoms with Crippen LogP contribution in [-0.4, -0.2) is 27.0 Å². The van der Waals surface area contributed by atoms with Crippen LogP contribution < -0.4 is 10.1 Å². The number of hydrogen-bond acceptors (Lipinski definition) is 5. The molecule has 0 radical (unpaired) electrons. The van der Waals surface area contributed by atoms with Gasteiger partial charge in [-0.1, -0.05) is 17.7 Å². The summed E-state index contributed by atoms with van der Waals surface area (Å²) in [4.78, 5) is 16.3. The Hall–Kier alpha value is -2.86. The molecule has 126 valence electrons. The van der Waals surface area contributed by atoms with E-state index in [0.29, 0.717) is 28.7 Å². The second-order valence-electron chi connectivity index (χ2n) is 5.73. The van der Waals surface area contributed by atoms with Crippen LogP contribution in [0.5, 0.6) is 5.75 Å². The van der Waals surface area contributed by atoms with Crippen molar-refractivity contribution in [2.75, 3.05) is 12.4 Å². The molecular weight excluding hydrogens is 338 g/mol. The number of aromatic nitrogens is 4. The maximum Gasteiger partial charge on any atom is 0.181 e. The van der Waals surface area contributed by atoms with Gasteiger partial charge in [0.1, 0.15) is 22.2 Å². The lowest BCUT2D eigenvalue weighted by molar-refractivity contribution is 0.419. The summed E-state index contributed by atoms with van der Waals surface area (Å²) in [5.74, 6) is 1.48. The Bertz CT molecular complexity index is 1080. The highest BCUT2D eigenvalue weighted by Crippen LogP contribution is 2.30. The van der Waals surface area contributed by atoms with Gasteiger partial charge in [-0.25, -0.2) is 15.0 Å². The fraction of sp³-hybridized carbons (Fsp3) is 0.167. The highest BCUT2D eigenvalue weighted by molar-refractivity contribution is 6.29. The standard InChI is InChI=1S/C18H16ClN5O/c1-10-7-22-17-13(25-2)5-3-11(16(10)17)8-21-15-9-20-12-4-6-14(19)23-18(12)24-15/h3-7,9,22H,8H2,1-2H3,(H,21,23,24). The predicted octanol–water partition coefficient (Wildman–Crippen LogP) is 4.09. The lowest BCUT2D eigenvalue weighted by Crippen LogP contribution is -2.03. The summed E-state index contributed by atoms with van der Waals surface area (Å²) in [6, 6.07) is 7.52. The average Bonchev–Trinajstić information content (AvgIpc) is 3.01. The van der Waals surface area contributed by atoms with E-state index in [1.54, 1.807) is 25.4 Å². The summed E-state index contributed by atoms with van der Waals surface area (Å²) >= 11 is 5.93. The molecule has 0 unspecified atom stereocenters. The van der Waals surface area contributed by atoms with Gasteiger partial charge < -0.3 is 15.0 Å². The molecule has 25 heavy (non-hydrogen) atoms. The third-order valence-electron chi connectivity index (χ3n) is 4.13. The van der Waals surface area contributed by atoms with Gasteiger partial charge in [0.2, 0.25) is 0 Å². The van der Waals surface area contributed by atoms with Crippen LogP contribution >= 0.6 is 11.6 Å². The minimum absolute atomic E-state index is 0.402. The van der Waals surface area contributed by atoms with Crippen LogP contribution in [0.4, 0.5) is 5.82 Å². The Balaban J connectivity index is 1.65. The van der Waals surface area contributed by atoms with E-state index in [4.69, 9.17) is 16.3 Å². The molecular formula is C18H16ClN5O. The van der Waals surface area contributed by atoms with E-state index in [0.717, 1.165) is 22.2 Å². The molecule has 3 heterocycles. The van der Waals surface area contributed by atoms with Gasteiger partial charge >= 0.3 is 0 Å². The van der Waals surface area contributed by atoms with E-state index in [-0.39, 0.29) is 0 Å². The number of rotatable bonds is 4. The molecule has 0 spiro atoms.